The highest BCUT2D eigenvalue weighted by atomic mass is 16.1. The van der Waals surface area contributed by atoms with Gasteiger partial charge in [-0.25, -0.2) is 4.79 Å². The third kappa shape index (κ3) is 1.38. The van der Waals surface area contributed by atoms with Crippen LogP contribution in [0.4, 0.5) is 0 Å². The minimum Gasteiger partial charge on any atom is -0.306 e. The molecule has 1 aliphatic carbocycles. The molecule has 1 fully saturated rings. The van der Waals surface area contributed by atoms with Gasteiger partial charge >= 0.3 is 5.69 Å². The minimum atomic E-state index is -0.233. The topological polar surface area (TPSA) is 65.7 Å². The second kappa shape index (κ2) is 3.33. The summed E-state index contributed by atoms with van der Waals surface area (Å²) < 4.78 is 0. The number of rotatable bonds is 2. The van der Waals surface area contributed by atoms with E-state index in [0.29, 0.717) is 11.1 Å². The van der Waals surface area contributed by atoms with Crippen LogP contribution in [0.25, 0.3) is 11.0 Å². The van der Waals surface area contributed by atoms with E-state index >= 15 is 0 Å². The Morgan fingerprint density at radius 2 is 1.94 bits per heavy atom. The molecule has 82 valence electrons. The molecule has 4 heteroatoms. The summed E-state index contributed by atoms with van der Waals surface area (Å²) in [6.07, 6.45) is 3.15. The van der Waals surface area contributed by atoms with Gasteiger partial charge in [-0.15, -0.1) is 0 Å². The van der Waals surface area contributed by atoms with E-state index < -0.39 is 0 Å². The number of ketones is 1. The molecule has 2 aromatic rings. The molecular weight excluding hydrogens is 204 g/mol. The lowest BCUT2D eigenvalue weighted by Gasteiger charge is -2.23. The Kier molecular flexibility index (Phi) is 1.96. The lowest BCUT2D eigenvalue weighted by Crippen LogP contribution is -2.21. The van der Waals surface area contributed by atoms with Crippen molar-refractivity contribution in [2.75, 3.05) is 0 Å². The smallest absolute Gasteiger partial charge is 0.306 e. The highest BCUT2D eigenvalue weighted by molar-refractivity contribution is 6.00. The number of hydrogen-bond acceptors (Lipinski definition) is 2. The molecule has 1 aromatic carbocycles. The van der Waals surface area contributed by atoms with Crippen LogP contribution in [0.5, 0.6) is 0 Å². The molecule has 0 radical (unpaired) electrons. The van der Waals surface area contributed by atoms with Crippen molar-refractivity contribution in [3.63, 3.8) is 0 Å². The Morgan fingerprint density at radius 3 is 2.62 bits per heavy atom. The minimum absolute atomic E-state index is 0.197. The maximum atomic E-state index is 12.0. The first-order valence-corrected chi connectivity index (χ1v) is 5.50. The van der Waals surface area contributed by atoms with Gasteiger partial charge in [0.05, 0.1) is 11.0 Å². The van der Waals surface area contributed by atoms with E-state index in [9.17, 15) is 9.59 Å². The molecule has 2 N–H and O–H groups in total. The molecule has 1 heterocycles. The average Bonchev–Trinajstić information content (AvgIpc) is 2.53. The standard InChI is InChI=1S/C12H12N2O2/c15-11(7-2-1-3-7)8-4-5-9-10(6-8)14-12(16)13-9/h4-7H,1-3H2,(H2,13,14,16). The number of carbonyl (C=O) groups excluding carboxylic acids is 1. The second-order valence-electron chi connectivity index (χ2n) is 4.33. The summed E-state index contributed by atoms with van der Waals surface area (Å²) in [7, 11) is 0. The van der Waals surface area contributed by atoms with Gasteiger partial charge in [-0.1, -0.05) is 6.42 Å². The third-order valence-electron chi connectivity index (χ3n) is 3.28. The van der Waals surface area contributed by atoms with Gasteiger partial charge in [0.15, 0.2) is 5.78 Å². The van der Waals surface area contributed by atoms with Crippen LogP contribution in [0.3, 0.4) is 0 Å². The van der Waals surface area contributed by atoms with Crippen LogP contribution in [0.1, 0.15) is 29.6 Å². The summed E-state index contributed by atoms with van der Waals surface area (Å²) in [5.41, 5.74) is 1.92. The van der Waals surface area contributed by atoms with E-state index in [1.54, 1.807) is 18.2 Å². The first kappa shape index (κ1) is 9.39. The van der Waals surface area contributed by atoms with Crippen molar-refractivity contribution in [2.24, 2.45) is 5.92 Å². The summed E-state index contributed by atoms with van der Waals surface area (Å²) in [5.74, 6) is 0.401. The van der Waals surface area contributed by atoms with Gasteiger partial charge < -0.3 is 9.97 Å². The molecule has 1 aliphatic rings. The van der Waals surface area contributed by atoms with Crippen LogP contribution in [0, 0.1) is 5.92 Å². The van der Waals surface area contributed by atoms with Crippen molar-refractivity contribution in [3.05, 3.63) is 34.2 Å². The largest absolute Gasteiger partial charge is 0.323 e. The Balaban J connectivity index is 2.03. The van der Waals surface area contributed by atoms with E-state index in [0.717, 1.165) is 24.8 Å². The number of carbonyl (C=O) groups is 1. The number of imidazole rings is 1. The summed E-state index contributed by atoms with van der Waals surface area (Å²) >= 11 is 0. The van der Waals surface area contributed by atoms with Gasteiger partial charge in [0.2, 0.25) is 0 Å². The number of hydrogen-bond donors (Lipinski definition) is 2. The second-order valence-corrected chi connectivity index (χ2v) is 4.33. The fraction of sp³-hybridized carbons (Fsp3) is 0.333. The van der Waals surface area contributed by atoms with Gasteiger partial charge in [0.25, 0.3) is 0 Å². The van der Waals surface area contributed by atoms with Crippen LogP contribution in [-0.4, -0.2) is 15.8 Å². The van der Waals surface area contributed by atoms with Crippen LogP contribution < -0.4 is 5.69 Å². The summed E-state index contributed by atoms with van der Waals surface area (Å²) in [5, 5.41) is 0. The summed E-state index contributed by atoms with van der Waals surface area (Å²) in [6.45, 7) is 0. The van der Waals surface area contributed by atoms with Crippen LogP contribution in [-0.2, 0) is 0 Å². The molecule has 16 heavy (non-hydrogen) atoms. The predicted molar refractivity (Wildman–Crippen MR) is 60.6 cm³/mol. The molecule has 0 bridgehead atoms. The quantitative estimate of drug-likeness (QED) is 0.752. The van der Waals surface area contributed by atoms with E-state index in [1.807, 2.05) is 0 Å². The lowest BCUT2D eigenvalue weighted by atomic mass is 9.80. The van der Waals surface area contributed by atoms with Crippen molar-refractivity contribution in [1.29, 1.82) is 0 Å². The third-order valence-corrected chi connectivity index (χ3v) is 3.28. The zero-order valence-electron chi connectivity index (χ0n) is 8.75. The van der Waals surface area contributed by atoms with E-state index in [-0.39, 0.29) is 17.4 Å². The number of aromatic amines is 2. The zero-order chi connectivity index (χ0) is 11.1. The number of benzene rings is 1. The van der Waals surface area contributed by atoms with Crippen molar-refractivity contribution >= 4 is 16.8 Å². The number of nitrogens with one attached hydrogen (secondary N) is 2. The molecule has 3 rings (SSSR count). The van der Waals surface area contributed by atoms with Gasteiger partial charge in [0, 0.05) is 11.5 Å². The molecule has 1 aromatic heterocycles. The number of aromatic nitrogens is 2. The average molecular weight is 216 g/mol. The Labute approximate surface area is 91.7 Å². The van der Waals surface area contributed by atoms with Crippen LogP contribution in [0.2, 0.25) is 0 Å². The Hall–Kier alpha value is -1.84. The fourth-order valence-corrected chi connectivity index (χ4v) is 2.09. The van der Waals surface area contributed by atoms with Gasteiger partial charge in [-0.2, -0.15) is 0 Å². The molecule has 4 nitrogen and oxygen atoms in total. The van der Waals surface area contributed by atoms with Crippen molar-refractivity contribution in [3.8, 4) is 0 Å². The summed E-state index contributed by atoms with van der Waals surface area (Å²) in [4.78, 5) is 28.4. The van der Waals surface area contributed by atoms with Gasteiger partial charge in [-0.05, 0) is 31.0 Å². The molecule has 1 saturated carbocycles. The maximum Gasteiger partial charge on any atom is 0.323 e. The monoisotopic (exact) mass is 216 g/mol. The SMILES string of the molecule is O=C(c1ccc2[nH]c(=O)[nH]c2c1)C1CCC1. The van der Waals surface area contributed by atoms with E-state index in [4.69, 9.17) is 0 Å². The molecule has 0 amide bonds. The van der Waals surface area contributed by atoms with E-state index in [2.05, 4.69) is 9.97 Å². The first-order chi connectivity index (χ1) is 7.74. The maximum absolute atomic E-state index is 12.0. The highest BCUT2D eigenvalue weighted by Crippen LogP contribution is 2.30. The Morgan fingerprint density at radius 1 is 1.19 bits per heavy atom. The predicted octanol–water partition coefficient (Wildman–Crippen LogP) is 1.84. The van der Waals surface area contributed by atoms with Crippen LogP contribution in [0.15, 0.2) is 23.0 Å². The van der Waals surface area contributed by atoms with Crippen molar-refractivity contribution in [2.45, 2.75) is 19.3 Å². The van der Waals surface area contributed by atoms with E-state index in [1.165, 1.54) is 0 Å². The lowest BCUT2D eigenvalue weighted by molar-refractivity contribution is 0.0855. The normalized spacial score (nSPS) is 16.2. The molecule has 0 unspecified atom stereocenters. The van der Waals surface area contributed by atoms with Gasteiger partial charge in [0.1, 0.15) is 0 Å². The fourth-order valence-electron chi connectivity index (χ4n) is 2.09. The molecule has 0 spiro atoms. The molecular formula is C12H12N2O2. The number of fused-ring (bicyclic) bond motifs is 1. The van der Waals surface area contributed by atoms with Crippen molar-refractivity contribution < 1.29 is 4.79 Å². The Bertz CT molecular complexity index is 605. The first-order valence-electron chi connectivity index (χ1n) is 5.50. The van der Waals surface area contributed by atoms with Crippen molar-refractivity contribution in [1.82, 2.24) is 9.97 Å². The molecule has 0 aliphatic heterocycles. The molecule has 0 atom stereocenters. The summed E-state index contributed by atoms with van der Waals surface area (Å²) in [6, 6.07) is 5.32. The van der Waals surface area contributed by atoms with Gasteiger partial charge in [-0.3, -0.25) is 4.79 Å². The zero-order valence-corrected chi connectivity index (χ0v) is 8.75. The number of H-pyrrole nitrogens is 2. The highest BCUT2D eigenvalue weighted by Gasteiger charge is 2.26. The van der Waals surface area contributed by atoms with Crippen LogP contribution >= 0.6 is 0 Å². The molecule has 0 saturated heterocycles. The number of Topliss-reactive ketones (excluding diaryl/α,β-unsaturated/α-hetero) is 1.